The number of rotatable bonds is 4. The summed E-state index contributed by atoms with van der Waals surface area (Å²) in [5.74, 6) is 0.879. The second kappa shape index (κ2) is 7.03. The highest BCUT2D eigenvalue weighted by molar-refractivity contribution is 6.39. The Hall–Kier alpha value is -2.37. The average Bonchev–Trinajstić information content (AvgIpc) is 2.55. The van der Waals surface area contributed by atoms with Gasteiger partial charge in [-0.2, -0.15) is 10.1 Å². The van der Waals surface area contributed by atoms with E-state index in [1.807, 2.05) is 26.0 Å². The number of halogens is 2. The summed E-state index contributed by atoms with van der Waals surface area (Å²) in [6.45, 7) is 4.04. The van der Waals surface area contributed by atoms with Crippen LogP contribution in [0.15, 0.2) is 42.6 Å². The number of benzene rings is 2. The molecule has 0 fully saturated rings. The third-order valence-corrected chi connectivity index (χ3v) is 4.04. The molecule has 1 heterocycles. The normalized spacial score (nSPS) is 10.5. The minimum absolute atomic E-state index is 0.386. The molecule has 0 amide bonds. The third kappa shape index (κ3) is 3.75. The van der Waals surface area contributed by atoms with E-state index in [1.165, 1.54) is 6.20 Å². The summed E-state index contributed by atoms with van der Waals surface area (Å²) in [7, 11) is 0. The zero-order chi connectivity index (χ0) is 17.1. The first-order chi connectivity index (χ1) is 11.5. The molecule has 0 radical (unpaired) electrons. The lowest BCUT2D eigenvalue weighted by Crippen LogP contribution is -2.03. The molecule has 3 rings (SSSR count). The van der Waals surface area contributed by atoms with Crippen LogP contribution < -0.4 is 10.6 Å². The quantitative estimate of drug-likeness (QED) is 0.663. The van der Waals surface area contributed by atoms with Crippen LogP contribution in [-0.2, 0) is 0 Å². The molecule has 0 spiro atoms. The van der Waals surface area contributed by atoms with Crippen LogP contribution in [0, 0.1) is 13.8 Å². The van der Waals surface area contributed by atoms with Gasteiger partial charge in [-0.05, 0) is 43.2 Å². The molecule has 0 aliphatic heterocycles. The van der Waals surface area contributed by atoms with E-state index in [2.05, 4.69) is 31.9 Å². The second-order valence-electron chi connectivity index (χ2n) is 5.33. The molecule has 0 bridgehead atoms. The van der Waals surface area contributed by atoms with E-state index in [0.717, 1.165) is 16.8 Å². The van der Waals surface area contributed by atoms with Crippen molar-refractivity contribution in [1.82, 2.24) is 15.2 Å². The summed E-state index contributed by atoms with van der Waals surface area (Å²) >= 11 is 12.3. The SMILES string of the molecule is Cc1ccc(C)c(Nc2nncc(Nc3c(Cl)cccc3Cl)n2)c1. The smallest absolute Gasteiger partial charge is 0.249 e. The molecule has 24 heavy (non-hydrogen) atoms. The van der Waals surface area contributed by atoms with Crippen LogP contribution >= 0.6 is 23.2 Å². The summed E-state index contributed by atoms with van der Waals surface area (Å²) < 4.78 is 0. The topological polar surface area (TPSA) is 62.7 Å². The zero-order valence-corrected chi connectivity index (χ0v) is 14.7. The fourth-order valence-electron chi connectivity index (χ4n) is 2.15. The van der Waals surface area contributed by atoms with Crippen molar-refractivity contribution >= 4 is 46.3 Å². The maximum Gasteiger partial charge on any atom is 0.249 e. The highest BCUT2D eigenvalue weighted by Gasteiger charge is 2.08. The maximum atomic E-state index is 6.16. The molecule has 5 nitrogen and oxygen atoms in total. The van der Waals surface area contributed by atoms with E-state index in [0.29, 0.717) is 27.5 Å². The van der Waals surface area contributed by atoms with E-state index in [9.17, 15) is 0 Å². The Morgan fingerprint density at radius 3 is 2.46 bits per heavy atom. The van der Waals surface area contributed by atoms with Crippen LogP contribution in [-0.4, -0.2) is 15.2 Å². The van der Waals surface area contributed by atoms with Crippen molar-refractivity contribution in [2.45, 2.75) is 13.8 Å². The number of para-hydroxylation sites is 1. The van der Waals surface area contributed by atoms with E-state index in [-0.39, 0.29) is 0 Å². The summed E-state index contributed by atoms with van der Waals surface area (Å²) in [6.07, 6.45) is 1.51. The lowest BCUT2D eigenvalue weighted by molar-refractivity contribution is 0.981. The Kier molecular flexibility index (Phi) is 4.83. The van der Waals surface area contributed by atoms with Crippen LogP contribution in [0.25, 0.3) is 0 Å². The fraction of sp³-hybridized carbons (Fsp3) is 0.118. The molecule has 122 valence electrons. The van der Waals surface area contributed by atoms with Gasteiger partial charge in [-0.15, -0.1) is 5.10 Å². The van der Waals surface area contributed by atoms with Crippen LogP contribution in [0.5, 0.6) is 0 Å². The van der Waals surface area contributed by atoms with Crippen molar-refractivity contribution in [2.24, 2.45) is 0 Å². The van der Waals surface area contributed by atoms with Crippen LogP contribution in [0.1, 0.15) is 11.1 Å². The standard InChI is InChI=1S/C17H15Cl2N5/c1-10-6-7-11(2)14(8-10)21-17-23-15(9-20-24-17)22-16-12(18)4-3-5-13(16)19/h3-9H,1-2H3,(H2,21,22,23,24). The van der Waals surface area contributed by atoms with Crippen molar-refractivity contribution < 1.29 is 0 Å². The molecule has 0 saturated carbocycles. The predicted molar refractivity (Wildman–Crippen MR) is 98.8 cm³/mol. The van der Waals surface area contributed by atoms with E-state index in [1.54, 1.807) is 18.2 Å². The number of nitrogens with zero attached hydrogens (tertiary/aromatic N) is 3. The minimum Gasteiger partial charge on any atom is -0.336 e. The third-order valence-electron chi connectivity index (χ3n) is 3.41. The van der Waals surface area contributed by atoms with Gasteiger partial charge in [-0.25, -0.2) is 0 Å². The monoisotopic (exact) mass is 359 g/mol. The van der Waals surface area contributed by atoms with Gasteiger partial charge in [0.2, 0.25) is 5.95 Å². The molecule has 0 aliphatic rings. The van der Waals surface area contributed by atoms with Gasteiger partial charge in [0.1, 0.15) is 0 Å². The number of aryl methyl sites for hydroxylation is 2. The molecule has 0 saturated heterocycles. The van der Waals surface area contributed by atoms with Crippen molar-refractivity contribution in [3.05, 3.63) is 63.8 Å². The Labute approximate surface area is 150 Å². The number of hydrogen-bond donors (Lipinski definition) is 2. The van der Waals surface area contributed by atoms with Gasteiger partial charge in [-0.3, -0.25) is 0 Å². The number of aromatic nitrogens is 3. The largest absolute Gasteiger partial charge is 0.336 e. The van der Waals surface area contributed by atoms with Gasteiger partial charge >= 0.3 is 0 Å². The van der Waals surface area contributed by atoms with Gasteiger partial charge in [0.25, 0.3) is 0 Å². The first-order valence-corrected chi connectivity index (χ1v) is 8.03. The van der Waals surface area contributed by atoms with Gasteiger partial charge in [0.15, 0.2) is 5.82 Å². The molecule has 0 unspecified atom stereocenters. The van der Waals surface area contributed by atoms with Gasteiger partial charge in [0.05, 0.1) is 21.9 Å². The molecule has 2 aromatic carbocycles. The highest BCUT2D eigenvalue weighted by Crippen LogP contribution is 2.32. The van der Waals surface area contributed by atoms with Crippen molar-refractivity contribution in [2.75, 3.05) is 10.6 Å². The summed E-state index contributed by atoms with van der Waals surface area (Å²) in [6, 6.07) is 11.4. The van der Waals surface area contributed by atoms with Crippen LogP contribution in [0.2, 0.25) is 10.0 Å². The molecular weight excluding hydrogens is 345 g/mol. The number of anilines is 4. The van der Waals surface area contributed by atoms with E-state index < -0.39 is 0 Å². The lowest BCUT2D eigenvalue weighted by Gasteiger charge is -2.11. The van der Waals surface area contributed by atoms with Crippen LogP contribution in [0.3, 0.4) is 0 Å². The second-order valence-corrected chi connectivity index (χ2v) is 6.14. The molecule has 1 aromatic heterocycles. The Morgan fingerprint density at radius 2 is 1.71 bits per heavy atom. The minimum atomic E-state index is 0.386. The van der Waals surface area contributed by atoms with Gasteiger partial charge in [0, 0.05) is 5.69 Å². The van der Waals surface area contributed by atoms with E-state index in [4.69, 9.17) is 23.2 Å². The zero-order valence-electron chi connectivity index (χ0n) is 13.1. The van der Waals surface area contributed by atoms with Crippen molar-refractivity contribution in [3.63, 3.8) is 0 Å². The summed E-state index contributed by atoms with van der Waals surface area (Å²) in [4.78, 5) is 4.40. The van der Waals surface area contributed by atoms with Crippen molar-refractivity contribution in [1.29, 1.82) is 0 Å². The molecular formula is C17H15Cl2N5. The maximum absolute atomic E-state index is 6.16. The summed E-state index contributed by atoms with van der Waals surface area (Å²) in [5.41, 5.74) is 3.76. The fourth-order valence-corrected chi connectivity index (χ4v) is 2.64. The average molecular weight is 360 g/mol. The van der Waals surface area contributed by atoms with Gasteiger partial charge < -0.3 is 10.6 Å². The molecule has 0 atom stereocenters. The first kappa shape index (κ1) is 16.5. The summed E-state index contributed by atoms with van der Waals surface area (Å²) in [5, 5.41) is 15.2. The molecule has 2 N–H and O–H groups in total. The Bertz CT molecular complexity index is 862. The predicted octanol–water partition coefficient (Wildman–Crippen LogP) is 5.28. The highest BCUT2D eigenvalue weighted by atomic mass is 35.5. The number of nitrogens with one attached hydrogen (secondary N) is 2. The lowest BCUT2D eigenvalue weighted by atomic mass is 10.1. The number of hydrogen-bond acceptors (Lipinski definition) is 5. The van der Waals surface area contributed by atoms with E-state index >= 15 is 0 Å². The molecule has 7 heteroatoms. The Morgan fingerprint density at radius 1 is 0.958 bits per heavy atom. The van der Waals surface area contributed by atoms with Crippen molar-refractivity contribution in [3.8, 4) is 0 Å². The molecule has 0 aliphatic carbocycles. The Balaban J connectivity index is 1.86. The molecule has 3 aromatic rings. The van der Waals surface area contributed by atoms with Crippen LogP contribution in [0.4, 0.5) is 23.1 Å². The first-order valence-electron chi connectivity index (χ1n) is 7.28. The van der Waals surface area contributed by atoms with Gasteiger partial charge in [-0.1, -0.05) is 41.4 Å².